The average Bonchev–Trinajstić information content (AvgIpc) is 2.45. The highest BCUT2D eigenvalue weighted by Crippen LogP contribution is 2.32. The van der Waals surface area contributed by atoms with Crippen molar-refractivity contribution in [2.45, 2.75) is 64.8 Å². The number of amides is 1. The molecular formula is C16H33N3O. The Labute approximate surface area is 124 Å². The lowest BCUT2D eigenvalue weighted by Crippen LogP contribution is -2.57. The smallest absolute Gasteiger partial charge is 0.234 e. The summed E-state index contributed by atoms with van der Waals surface area (Å²) in [6.07, 6.45) is 7.10. The minimum atomic E-state index is 0.0579. The summed E-state index contributed by atoms with van der Waals surface area (Å²) in [7, 11) is 0. The molecule has 1 saturated carbocycles. The molecule has 0 aromatic carbocycles. The van der Waals surface area contributed by atoms with Gasteiger partial charge in [-0.05, 0) is 31.7 Å². The average molecular weight is 283 g/mol. The Morgan fingerprint density at radius 2 is 1.95 bits per heavy atom. The highest BCUT2D eigenvalue weighted by molar-refractivity contribution is 5.78. The third-order valence-corrected chi connectivity index (χ3v) is 4.60. The summed E-state index contributed by atoms with van der Waals surface area (Å²) in [6, 6.07) is 0. The zero-order chi connectivity index (χ0) is 15.0. The third kappa shape index (κ3) is 5.06. The summed E-state index contributed by atoms with van der Waals surface area (Å²) in [5, 5.41) is 3.04. The van der Waals surface area contributed by atoms with Crippen molar-refractivity contribution in [2.24, 2.45) is 11.7 Å². The number of hydrogen-bond donors (Lipinski definition) is 2. The lowest BCUT2D eigenvalue weighted by atomic mass is 9.80. The van der Waals surface area contributed by atoms with Crippen LogP contribution in [0.5, 0.6) is 0 Å². The second-order valence-corrected chi connectivity index (χ2v) is 6.54. The first-order chi connectivity index (χ1) is 9.54. The molecule has 3 N–H and O–H groups in total. The van der Waals surface area contributed by atoms with Gasteiger partial charge in [0, 0.05) is 18.6 Å². The van der Waals surface area contributed by atoms with E-state index in [1.165, 1.54) is 19.3 Å². The van der Waals surface area contributed by atoms with Crippen molar-refractivity contribution in [2.75, 3.05) is 26.2 Å². The molecule has 0 aromatic rings. The number of carbonyl (C=O) groups is 1. The molecule has 0 spiro atoms. The van der Waals surface area contributed by atoms with Crippen LogP contribution in [0, 0.1) is 5.92 Å². The molecule has 0 unspecified atom stereocenters. The lowest BCUT2D eigenvalue weighted by molar-refractivity contribution is -0.124. The van der Waals surface area contributed by atoms with Gasteiger partial charge in [-0.1, -0.05) is 40.0 Å². The Morgan fingerprint density at radius 1 is 1.30 bits per heavy atom. The van der Waals surface area contributed by atoms with Crippen molar-refractivity contribution in [1.29, 1.82) is 0 Å². The molecule has 4 nitrogen and oxygen atoms in total. The maximum Gasteiger partial charge on any atom is 0.234 e. The van der Waals surface area contributed by atoms with Crippen LogP contribution in [0.3, 0.4) is 0 Å². The predicted octanol–water partition coefficient (Wildman–Crippen LogP) is 2.13. The molecule has 1 fully saturated rings. The van der Waals surface area contributed by atoms with Crippen LogP contribution < -0.4 is 11.1 Å². The van der Waals surface area contributed by atoms with Gasteiger partial charge in [0.25, 0.3) is 0 Å². The Balaban J connectivity index is 2.50. The maximum absolute atomic E-state index is 12.1. The van der Waals surface area contributed by atoms with Gasteiger partial charge in [-0.3, -0.25) is 9.69 Å². The maximum atomic E-state index is 12.1. The van der Waals surface area contributed by atoms with E-state index in [2.05, 4.69) is 31.0 Å². The SMILES string of the molecule is CCN(CC(=O)NCCC(C)C)C1(CN)CCCCC1. The molecule has 0 radical (unpaired) electrons. The number of nitrogens with two attached hydrogens (primary N) is 1. The summed E-state index contributed by atoms with van der Waals surface area (Å²) in [6.45, 7) is 9.32. The van der Waals surface area contributed by atoms with Crippen molar-refractivity contribution in [3.63, 3.8) is 0 Å². The third-order valence-electron chi connectivity index (χ3n) is 4.60. The van der Waals surface area contributed by atoms with Gasteiger partial charge in [0.05, 0.1) is 6.54 Å². The van der Waals surface area contributed by atoms with E-state index in [0.29, 0.717) is 19.0 Å². The van der Waals surface area contributed by atoms with E-state index in [9.17, 15) is 4.79 Å². The van der Waals surface area contributed by atoms with Crippen LogP contribution in [0.15, 0.2) is 0 Å². The summed E-state index contributed by atoms with van der Waals surface area (Å²) in [5.74, 6) is 0.775. The van der Waals surface area contributed by atoms with Gasteiger partial charge in [0.1, 0.15) is 0 Å². The van der Waals surface area contributed by atoms with Crippen molar-refractivity contribution < 1.29 is 4.79 Å². The highest BCUT2D eigenvalue weighted by Gasteiger charge is 2.36. The molecular weight excluding hydrogens is 250 g/mol. The Morgan fingerprint density at radius 3 is 2.45 bits per heavy atom. The fraction of sp³-hybridized carbons (Fsp3) is 0.938. The molecule has 20 heavy (non-hydrogen) atoms. The fourth-order valence-electron chi connectivity index (χ4n) is 3.20. The second kappa shape index (κ2) is 8.63. The number of hydrogen-bond acceptors (Lipinski definition) is 3. The molecule has 1 rings (SSSR count). The van der Waals surface area contributed by atoms with Crippen LogP contribution in [0.2, 0.25) is 0 Å². The number of nitrogens with one attached hydrogen (secondary N) is 1. The van der Waals surface area contributed by atoms with Gasteiger partial charge in [0.15, 0.2) is 0 Å². The van der Waals surface area contributed by atoms with Crippen LogP contribution in [0.1, 0.15) is 59.3 Å². The zero-order valence-electron chi connectivity index (χ0n) is 13.6. The second-order valence-electron chi connectivity index (χ2n) is 6.54. The van der Waals surface area contributed by atoms with Crippen molar-refractivity contribution in [3.8, 4) is 0 Å². The van der Waals surface area contributed by atoms with Crippen molar-refractivity contribution >= 4 is 5.91 Å². The van der Waals surface area contributed by atoms with Gasteiger partial charge in [-0.15, -0.1) is 0 Å². The molecule has 0 heterocycles. The molecule has 4 heteroatoms. The van der Waals surface area contributed by atoms with Gasteiger partial charge >= 0.3 is 0 Å². The minimum Gasteiger partial charge on any atom is -0.355 e. The molecule has 0 bridgehead atoms. The van der Waals surface area contributed by atoms with Crippen molar-refractivity contribution in [1.82, 2.24) is 10.2 Å². The van der Waals surface area contributed by atoms with E-state index in [-0.39, 0.29) is 11.4 Å². The van der Waals surface area contributed by atoms with Crippen molar-refractivity contribution in [3.05, 3.63) is 0 Å². The quantitative estimate of drug-likeness (QED) is 0.717. The molecule has 0 aromatic heterocycles. The summed E-state index contributed by atoms with van der Waals surface area (Å²) < 4.78 is 0. The van der Waals surface area contributed by atoms with Crippen LogP contribution >= 0.6 is 0 Å². The lowest BCUT2D eigenvalue weighted by Gasteiger charge is -2.45. The van der Waals surface area contributed by atoms with E-state index in [1.54, 1.807) is 0 Å². The summed E-state index contributed by atoms with van der Waals surface area (Å²) in [5.41, 5.74) is 6.11. The molecule has 0 aliphatic heterocycles. The number of carbonyl (C=O) groups excluding carboxylic acids is 1. The standard InChI is InChI=1S/C16H33N3O/c1-4-19(12-15(20)18-11-8-14(2)3)16(13-17)9-6-5-7-10-16/h14H,4-13,17H2,1-3H3,(H,18,20). The minimum absolute atomic E-state index is 0.0579. The molecule has 1 amide bonds. The van der Waals surface area contributed by atoms with Crippen LogP contribution in [0.4, 0.5) is 0 Å². The van der Waals surface area contributed by atoms with E-state index >= 15 is 0 Å². The Bertz CT molecular complexity index is 285. The highest BCUT2D eigenvalue weighted by atomic mass is 16.2. The first-order valence-corrected chi connectivity index (χ1v) is 8.26. The number of rotatable bonds is 8. The largest absolute Gasteiger partial charge is 0.355 e. The Hall–Kier alpha value is -0.610. The first-order valence-electron chi connectivity index (χ1n) is 8.26. The fourth-order valence-corrected chi connectivity index (χ4v) is 3.20. The Kier molecular flexibility index (Phi) is 7.52. The predicted molar refractivity (Wildman–Crippen MR) is 84.6 cm³/mol. The first kappa shape index (κ1) is 17.4. The van der Waals surface area contributed by atoms with E-state index in [1.807, 2.05) is 0 Å². The molecule has 118 valence electrons. The van der Waals surface area contributed by atoms with Gasteiger partial charge in [-0.2, -0.15) is 0 Å². The summed E-state index contributed by atoms with van der Waals surface area (Å²) >= 11 is 0. The normalized spacial score (nSPS) is 18.5. The van der Waals surface area contributed by atoms with Crippen LogP contribution in [0.25, 0.3) is 0 Å². The molecule has 0 saturated heterocycles. The van der Waals surface area contributed by atoms with E-state index in [4.69, 9.17) is 5.73 Å². The van der Waals surface area contributed by atoms with E-state index < -0.39 is 0 Å². The van der Waals surface area contributed by atoms with Gasteiger partial charge < -0.3 is 11.1 Å². The van der Waals surface area contributed by atoms with Crippen LogP contribution in [-0.2, 0) is 4.79 Å². The van der Waals surface area contributed by atoms with Gasteiger partial charge in [-0.25, -0.2) is 0 Å². The topological polar surface area (TPSA) is 58.4 Å². The van der Waals surface area contributed by atoms with Gasteiger partial charge in [0.2, 0.25) is 5.91 Å². The molecule has 1 aliphatic rings. The number of nitrogens with zero attached hydrogens (tertiary/aromatic N) is 1. The number of likely N-dealkylation sites (N-methyl/N-ethyl adjacent to an activating group) is 1. The molecule has 1 aliphatic carbocycles. The van der Waals surface area contributed by atoms with E-state index in [0.717, 1.165) is 32.4 Å². The monoisotopic (exact) mass is 283 g/mol. The zero-order valence-corrected chi connectivity index (χ0v) is 13.6. The molecule has 0 atom stereocenters. The van der Waals surface area contributed by atoms with Crippen LogP contribution in [-0.4, -0.2) is 42.5 Å². The summed E-state index contributed by atoms with van der Waals surface area (Å²) in [4.78, 5) is 14.4.